The molecule has 0 spiro atoms. The van der Waals surface area contributed by atoms with Gasteiger partial charge in [0.2, 0.25) is 10.0 Å². The molecule has 1 unspecified atom stereocenters. The van der Waals surface area contributed by atoms with Crippen LogP contribution in [-0.2, 0) is 16.6 Å². The van der Waals surface area contributed by atoms with Gasteiger partial charge in [0.25, 0.3) is 0 Å². The van der Waals surface area contributed by atoms with E-state index >= 15 is 0 Å². The zero-order valence-corrected chi connectivity index (χ0v) is 10.2. The van der Waals surface area contributed by atoms with Gasteiger partial charge in [0.15, 0.2) is 0 Å². The standard InChI is InChI=1S/C9H18N4O2S/c1-9(7-13-5-4-11-8-13)12-16(14,15)6-2-3-10/h4-5,8-9,12H,2-3,6-7,10H2,1H3. The van der Waals surface area contributed by atoms with Gasteiger partial charge in [-0.25, -0.2) is 18.1 Å². The monoisotopic (exact) mass is 246 g/mol. The first kappa shape index (κ1) is 13.1. The summed E-state index contributed by atoms with van der Waals surface area (Å²) in [5, 5.41) is 0. The van der Waals surface area contributed by atoms with Gasteiger partial charge < -0.3 is 10.3 Å². The second-order valence-electron chi connectivity index (χ2n) is 3.74. The molecule has 7 heteroatoms. The number of imidazole rings is 1. The van der Waals surface area contributed by atoms with Crippen LogP contribution in [0.25, 0.3) is 0 Å². The Morgan fingerprint density at radius 2 is 2.31 bits per heavy atom. The smallest absolute Gasteiger partial charge is 0.211 e. The van der Waals surface area contributed by atoms with Gasteiger partial charge >= 0.3 is 0 Å². The first-order valence-corrected chi connectivity index (χ1v) is 6.84. The Bertz CT molecular complexity index is 388. The minimum atomic E-state index is -3.21. The largest absolute Gasteiger partial charge is 0.336 e. The van der Waals surface area contributed by atoms with Gasteiger partial charge in [-0.3, -0.25) is 0 Å². The van der Waals surface area contributed by atoms with Crippen LogP contribution in [-0.4, -0.2) is 36.3 Å². The summed E-state index contributed by atoms with van der Waals surface area (Å²) in [4.78, 5) is 3.89. The molecular weight excluding hydrogens is 228 g/mol. The molecule has 1 aromatic rings. The lowest BCUT2D eigenvalue weighted by Crippen LogP contribution is -2.37. The normalized spacial score (nSPS) is 13.9. The van der Waals surface area contributed by atoms with Crippen LogP contribution in [0.2, 0.25) is 0 Å². The predicted octanol–water partition coefficient (Wildman–Crippen LogP) is -0.460. The molecule has 0 saturated carbocycles. The highest BCUT2D eigenvalue weighted by Gasteiger charge is 2.13. The molecule has 92 valence electrons. The highest BCUT2D eigenvalue weighted by Crippen LogP contribution is 1.96. The predicted molar refractivity (Wildman–Crippen MR) is 62.3 cm³/mol. The number of rotatable bonds is 7. The summed E-state index contributed by atoms with van der Waals surface area (Å²) in [5.74, 6) is 0.0811. The molecular formula is C9H18N4O2S. The zero-order chi connectivity index (χ0) is 12.0. The molecule has 0 bridgehead atoms. The highest BCUT2D eigenvalue weighted by molar-refractivity contribution is 7.89. The molecule has 1 atom stereocenters. The van der Waals surface area contributed by atoms with Crippen LogP contribution in [0.4, 0.5) is 0 Å². The summed E-state index contributed by atoms with van der Waals surface area (Å²) >= 11 is 0. The van der Waals surface area contributed by atoms with Gasteiger partial charge in [0.05, 0.1) is 12.1 Å². The fourth-order valence-electron chi connectivity index (χ4n) is 1.39. The average Bonchev–Trinajstić information content (AvgIpc) is 2.66. The van der Waals surface area contributed by atoms with E-state index in [2.05, 4.69) is 9.71 Å². The van der Waals surface area contributed by atoms with Crippen molar-refractivity contribution >= 4 is 10.0 Å². The van der Waals surface area contributed by atoms with Gasteiger partial charge in [-0.15, -0.1) is 0 Å². The number of nitrogens with zero attached hydrogens (tertiary/aromatic N) is 2. The maximum Gasteiger partial charge on any atom is 0.211 e. The molecule has 0 amide bonds. The van der Waals surface area contributed by atoms with E-state index in [-0.39, 0.29) is 11.8 Å². The molecule has 0 aliphatic rings. The fourth-order valence-corrected chi connectivity index (χ4v) is 2.74. The van der Waals surface area contributed by atoms with Gasteiger partial charge in [-0.2, -0.15) is 0 Å². The van der Waals surface area contributed by atoms with E-state index in [1.165, 1.54) is 0 Å². The molecule has 16 heavy (non-hydrogen) atoms. The Balaban J connectivity index is 2.41. The van der Waals surface area contributed by atoms with Crippen molar-refractivity contribution in [3.63, 3.8) is 0 Å². The Morgan fingerprint density at radius 1 is 1.56 bits per heavy atom. The van der Waals surface area contributed by atoms with Crippen LogP contribution in [0.15, 0.2) is 18.7 Å². The van der Waals surface area contributed by atoms with Gasteiger partial charge in [-0.05, 0) is 19.9 Å². The van der Waals surface area contributed by atoms with Crippen molar-refractivity contribution in [2.75, 3.05) is 12.3 Å². The maximum atomic E-state index is 11.5. The first-order chi connectivity index (χ1) is 7.53. The molecule has 0 aliphatic heterocycles. The summed E-state index contributed by atoms with van der Waals surface area (Å²) in [6.07, 6.45) is 5.60. The number of nitrogens with one attached hydrogen (secondary N) is 1. The number of sulfonamides is 1. The summed E-state index contributed by atoms with van der Waals surface area (Å²) < 4.78 is 27.5. The Hall–Kier alpha value is -0.920. The second kappa shape index (κ2) is 5.97. The maximum absolute atomic E-state index is 11.5. The Labute approximate surface area is 95.9 Å². The quantitative estimate of drug-likeness (QED) is 0.681. The molecule has 0 aliphatic carbocycles. The minimum absolute atomic E-state index is 0.0811. The summed E-state index contributed by atoms with van der Waals surface area (Å²) in [6.45, 7) is 2.78. The molecule has 1 rings (SSSR count). The Morgan fingerprint density at radius 3 is 2.88 bits per heavy atom. The first-order valence-electron chi connectivity index (χ1n) is 5.19. The molecule has 1 heterocycles. The second-order valence-corrected chi connectivity index (χ2v) is 5.61. The van der Waals surface area contributed by atoms with Crippen LogP contribution < -0.4 is 10.5 Å². The SMILES string of the molecule is CC(Cn1ccnc1)NS(=O)(=O)CCCN. The molecule has 1 aromatic heterocycles. The Kier molecular flexibility index (Phi) is 4.91. The lowest BCUT2D eigenvalue weighted by atomic mass is 10.4. The lowest BCUT2D eigenvalue weighted by Gasteiger charge is -2.14. The van der Waals surface area contributed by atoms with Crippen molar-refractivity contribution in [1.82, 2.24) is 14.3 Å². The third kappa shape index (κ3) is 4.73. The van der Waals surface area contributed by atoms with Crippen molar-refractivity contribution in [3.8, 4) is 0 Å². The van der Waals surface area contributed by atoms with E-state index in [1.54, 1.807) is 18.7 Å². The summed E-state index contributed by atoms with van der Waals surface area (Å²) in [6, 6.07) is -0.156. The van der Waals surface area contributed by atoms with E-state index in [9.17, 15) is 8.42 Å². The number of aromatic nitrogens is 2. The van der Waals surface area contributed by atoms with E-state index in [4.69, 9.17) is 5.73 Å². The molecule has 3 N–H and O–H groups in total. The van der Waals surface area contributed by atoms with Crippen LogP contribution in [0.5, 0.6) is 0 Å². The third-order valence-corrected chi connectivity index (χ3v) is 3.63. The molecule has 0 saturated heterocycles. The van der Waals surface area contributed by atoms with Crippen molar-refractivity contribution in [3.05, 3.63) is 18.7 Å². The summed E-state index contributed by atoms with van der Waals surface area (Å²) in [5.41, 5.74) is 5.27. The lowest BCUT2D eigenvalue weighted by molar-refractivity contribution is 0.519. The van der Waals surface area contributed by atoms with E-state index in [1.807, 2.05) is 11.5 Å². The van der Waals surface area contributed by atoms with Gasteiger partial charge in [-0.1, -0.05) is 0 Å². The molecule has 0 fully saturated rings. The number of hydrogen-bond donors (Lipinski definition) is 2. The van der Waals surface area contributed by atoms with Crippen LogP contribution in [0.1, 0.15) is 13.3 Å². The fraction of sp³-hybridized carbons (Fsp3) is 0.667. The average molecular weight is 246 g/mol. The summed E-state index contributed by atoms with van der Waals surface area (Å²) in [7, 11) is -3.21. The number of hydrogen-bond acceptors (Lipinski definition) is 4. The van der Waals surface area contributed by atoms with E-state index in [0.717, 1.165) is 0 Å². The highest BCUT2D eigenvalue weighted by atomic mass is 32.2. The zero-order valence-electron chi connectivity index (χ0n) is 9.33. The molecule has 0 radical (unpaired) electrons. The topological polar surface area (TPSA) is 90.0 Å². The minimum Gasteiger partial charge on any atom is -0.336 e. The van der Waals surface area contributed by atoms with Crippen molar-refractivity contribution in [2.24, 2.45) is 5.73 Å². The van der Waals surface area contributed by atoms with Crippen LogP contribution in [0.3, 0.4) is 0 Å². The van der Waals surface area contributed by atoms with Crippen LogP contribution >= 0.6 is 0 Å². The molecule has 6 nitrogen and oxygen atoms in total. The third-order valence-electron chi connectivity index (χ3n) is 2.04. The number of nitrogens with two attached hydrogens (primary N) is 1. The van der Waals surface area contributed by atoms with Crippen molar-refractivity contribution < 1.29 is 8.42 Å². The van der Waals surface area contributed by atoms with Crippen molar-refractivity contribution in [2.45, 2.75) is 25.9 Å². The van der Waals surface area contributed by atoms with E-state index < -0.39 is 10.0 Å². The van der Waals surface area contributed by atoms with E-state index in [0.29, 0.717) is 19.5 Å². The van der Waals surface area contributed by atoms with Gasteiger partial charge in [0.1, 0.15) is 0 Å². The van der Waals surface area contributed by atoms with Gasteiger partial charge in [0, 0.05) is 25.0 Å². The van der Waals surface area contributed by atoms with Crippen LogP contribution in [0, 0.1) is 0 Å². The van der Waals surface area contributed by atoms with Crippen molar-refractivity contribution in [1.29, 1.82) is 0 Å². The molecule has 0 aromatic carbocycles.